The number of nitrogens with one attached hydrogen (secondary N) is 1. The monoisotopic (exact) mass is 376 g/mol. The number of fused-ring (bicyclic) bond motifs is 1. The summed E-state index contributed by atoms with van der Waals surface area (Å²) >= 11 is 7.66. The smallest absolute Gasteiger partial charge is 0.240 e. The van der Waals surface area contributed by atoms with E-state index < -0.39 is 0 Å². The molecule has 4 aliphatic rings. The number of aromatic nitrogens is 2. The van der Waals surface area contributed by atoms with Gasteiger partial charge in [0.05, 0.1) is 6.21 Å². The number of thiazole rings is 1. The summed E-state index contributed by atoms with van der Waals surface area (Å²) in [6.45, 7) is 0. The van der Waals surface area contributed by atoms with Crippen LogP contribution in [-0.2, 0) is 4.79 Å². The molecular weight excluding hydrogens is 356 g/mol. The first-order chi connectivity index (χ1) is 12.1. The molecule has 6 rings (SSSR count). The van der Waals surface area contributed by atoms with Crippen molar-refractivity contribution in [3.8, 4) is 0 Å². The van der Waals surface area contributed by atoms with Gasteiger partial charge in [-0.1, -0.05) is 11.6 Å². The summed E-state index contributed by atoms with van der Waals surface area (Å²) in [4.78, 5) is 17.6. The van der Waals surface area contributed by atoms with Gasteiger partial charge < -0.3 is 0 Å². The van der Waals surface area contributed by atoms with E-state index in [9.17, 15) is 4.79 Å². The van der Waals surface area contributed by atoms with Crippen LogP contribution in [0.5, 0.6) is 0 Å². The Morgan fingerprint density at radius 3 is 2.72 bits per heavy atom. The fourth-order valence-corrected chi connectivity index (χ4v) is 6.94. The maximum Gasteiger partial charge on any atom is 0.240 e. The lowest BCUT2D eigenvalue weighted by atomic mass is 9.49. The summed E-state index contributed by atoms with van der Waals surface area (Å²) in [5.41, 5.74) is 3.66. The lowest BCUT2D eigenvalue weighted by molar-refractivity contribution is -0.129. The summed E-state index contributed by atoms with van der Waals surface area (Å²) < 4.78 is 1.88. The third kappa shape index (κ3) is 2.79. The van der Waals surface area contributed by atoms with Crippen molar-refractivity contribution in [2.45, 2.75) is 44.9 Å². The predicted octanol–water partition coefficient (Wildman–Crippen LogP) is 4.11. The number of hydrazone groups is 1. The number of rotatable bonds is 4. The van der Waals surface area contributed by atoms with E-state index in [0.717, 1.165) is 22.7 Å². The maximum absolute atomic E-state index is 12.5. The summed E-state index contributed by atoms with van der Waals surface area (Å²) in [5, 5.41) is 6.49. The topological polar surface area (TPSA) is 58.8 Å². The summed E-state index contributed by atoms with van der Waals surface area (Å²) in [6, 6.07) is 0. The van der Waals surface area contributed by atoms with Gasteiger partial charge in [-0.15, -0.1) is 11.3 Å². The van der Waals surface area contributed by atoms with Crippen LogP contribution < -0.4 is 5.43 Å². The first-order valence-corrected chi connectivity index (χ1v) is 10.3. The molecule has 0 unspecified atom stereocenters. The predicted molar refractivity (Wildman–Crippen MR) is 99.0 cm³/mol. The van der Waals surface area contributed by atoms with E-state index >= 15 is 0 Å². The van der Waals surface area contributed by atoms with Gasteiger partial charge in [0.15, 0.2) is 10.1 Å². The second-order valence-electron chi connectivity index (χ2n) is 8.23. The van der Waals surface area contributed by atoms with E-state index in [1.54, 1.807) is 6.21 Å². The molecule has 5 nitrogen and oxygen atoms in total. The molecule has 4 saturated carbocycles. The lowest BCUT2D eigenvalue weighted by Crippen LogP contribution is -2.47. The molecule has 0 saturated heterocycles. The highest BCUT2D eigenvalue weighted by Gasteiger charge is 2.51. The molecule has 132 valence electrons. The molecule has 1 amide bonds. The number of halogens is 1. The SMILES string of the molecule is O=C(CC12CC3CC(CC(C3)C1)C2)N/N=C/c1c(Cl)nc2sccn12. The van der Waals surface area contributed by atoms with Crippen LogP contribution in [0.2, 0.25) is 5.15 Å². The van der Waals surface area contributed by atoms with E-state index in [0.29, 0.717) is 17.3 Å². The molecule has 4 bridgehead atoms. The Balaban J connectivity index is 1.25. The zero-order chi connectivity index (χ0) is 17.0. The zero-order valence-electron chi connectivity index (χ0n) is 13.9. The van der Waals surface area contributed by atoms with Gasteiger partial charge in [0.2, 0.25) is 5.91 Å². The number of nitrogens with zero attached hydrogens (tertiary/aromatic N) is 3. The lowest BCUT2D eigenvalue weighted by Gasteiger charge is -2.56. The van der Waals surface area contributed by atoms with Crippen LogP contribution in [0.15, 0.2) is 16.7 Å². The van der Waals surface area contributed by atoms with E-state index in [2.05, 4.69) is 15.5 Å². The van der Waals surface area contributed by atoms with Crippen LogP contribution in [0.25, 0.3) is 4.96 Å². The van der Waals surface area contributed by atoms with Crippen molar-refractivity contribution >= 4 is 40.0 Å². The molecule has 1 N–H and O–H groups in total. The number of carbonyl (C=O) groups excluding carboxylic acids is 1. The van der Waals surface area contributed by atoms with E-state index in [1.807, 2.05) is 16.0 Å². The Morgan fingerprint density at radius 2 is 2.04 bits per heavy atom. The minimum absolute atomic E-state index is 0.0281. The fourth-order valence-electron chi connectivity index (χ4n) is 5.94. The molecule has 0 atom stereocenters. The molecule has 0 aliphatic heterocycles. The molecule has 2 heterocycles. The van der Waals surface area contributed by atoms with Gasteiger partial charge in [-0.3, -0.25) is 9.20 Å². The molecule has 0 spiro atoms. The largest absolute Gasteiger partial charge is 0.288 e. The molecule has 4 fully saturated rings. The average Bonchev–Trinajstić information content (AvgIpc) is 3.07. The molecular formula is C18H21ClN4OS. The highest BCUT2D eigenvalue weighted by Crippen LogP contribution is 2.61. The van der Waals surface area contributed by atoms with Gasteiger partial charge in [0.25, 0.3) is 0 Å². The number of imidazole rings is 1. The van der Waals surface area contributed by atoms with Crippen LogP contribution in [-0.4, -0.2) is 21.5 Å². The quantitative estimate of drug-likeness (QED) is 0.645. The molecule has 0 radical (unpaired) electrons. The van der Waals surface area contributed by atoms with Crippen LogP contribution in [0, 0.1) is 23.2 Å². The minimum Gasteiger partial charge on any atom is -0.288 e. The van der Waals surface area contributed by atoms with Gasteiger partial charge in [-0.05, 0) is 61.7 Å². The first-order valence-electron chi connectivity index (χ1n) is 9.03. The van der Waals surface area contributed by atoms with Crippen molar-refractivity contribution in [1.29, 1.82) is 0 Å². The van der Waals surface area contributed by atoms with Crippen molar-refractivity contribution in [2.24, 2.45) is 28.3 Å². The second-order valence-corrected chi connectivity index (χ2v) is 9.46. The van der Waals surface area contributed by atoms with Crippen molar-refractivity contribution in [3.05, 3.63) is 22.4 Å². The fraction of sp³-hybridized carbons (Fsp3) is 0.611. The third-order valence-corrected chi connectivity index (χ3v) is 7.37. The Hall–Kier alpha value is -1.40. The highest BCUT2D eigenvalue weighted by atomic mass is 35.5. The molecule has 7 heteroatoms. The average molecular weight is 377 g/mol. The van der Waals surface area contributed by atoms with Crippen LogP contribution in [0.4, 0.5) is 0 Å². The van der Waals surface area contributed by atoms with Gasteiger partial charge in [-0.25, -0.2) is 10.4 Å². The first kappa shape index (κ1) is 15.8. The standard InChI is InChI=1S/C18H21ClN4OS/c19-16-14(23-1-2-25-17(23)21-16)10-20-22-15(24)9-18-6-11-3-12(7-18)5-13(4-11)8-18/h1-2,10-13H,3-9H2,(H,22,24)/b20-10+. The second kappa shape index (κ2) is 5.81. The molecule has 4 aliphatic carbocycles. The third-order valence-electron chi connectivity index (χ3n) is 6.33. The Kier molecular flexibility index (Phi) is 3.68. The van der Waals surface area contributed by atoms with Crippen LogP contribution in [0.1, 0.15) is 50.6 Å². The number of amides is 1. The minimum atomic E-state index is 0.0281. The normalized spacial score (nSPS) is 33.6. The van der Waals surface area contributed by atoms with E-state index in [-0.39, 0.29) is 11.3 Å². The maximum atomic E-state index is 12.5. The van der Waals surface area contributed by atoms with Crippen molar-refractivity contribution < 1.29 is 4.79 Å². The van der Waals surface area contributed by atoms with Crippen LogP contribution in [0.3, 0.4) is 0 Å². The number of hydrogen-bond acceptors (Lipinski definition) is 4. The summed E-state index contributed by atoms with van der Waals surface area (Å²) in [5.74, 6) is 2.61. The van der Waals surface area contributed by atoms with Gasteiger partial charge in [0.1, 0.15) is 5.69 Å². The van der Waals surface area contributed by atoms with Crippen molar-refractivity contribution in [2.75, 3.05) is 0 Å². The highest BCUT2D eigenvalue weighted by molar-refractivity contribution is 7.15. The Labute approximate surface area is 155 Å². The van der Waals surface area contributed by atoms with E-state index in [4.69, 9.17) is 11.6 Å². The Morgan fingerprint density at radius 1 is 1.36 bits per heavy atom. The summed E-state index contributed by atoms with van der Waals surface area (Å²) in [7, 11) is 0. The van der Waals surface area contributed by atoms with Gasteiger partial charge in [0, 0.05) is 18.0 Å². The number of carbonyl (C=O) groups is 1. The van der Waals surface area contributed by atoms with Gasteiger partial charge in [-0.2, -0.15) is 5.10 Å². The molecule has 0 aromatic carbocycles. The molecule has 2 aromatic rings. The van der Waals surface area contributed by atoms with E-state index in [1.165, 1.54) is 49.9 Å². The zero-order valence-corrected chi connectivity index (χ0v) is 15.5. The van der Waals surface area contributed by atoms with Crippen molar-refractivity contribution in [3.63, 3.8) is 0 Å². The van der Waals surface area contributed by atoms with Gasteiger partial charge >= 0.3 is 0 Å². The number of hydrogen-bond donors (Lipinski definition) is 1. The molecule has 2 aromatic heterocycles. The Bertz CT molecular complexity index is 819. The summed E-state index contributed by atoms with van der Waals surface area (Å²) in [6.07, 6.45) is 12.0. The molecule has 25 heavy (non-hydrogen) atoms. The van der Waals surface area contributed by atoms with Crippen molar-refractivity contribution in [1.82, 2.24) is 14.8 Å². The van der Waals surface area contributed by atoms with Crippen LogP contribution >= 0.6 is 22.9 Å².